The number of rotatable bonds is 5. The van der Waals surface area contributed by atoms with E-state index in [1.165, 1.54) is 25.3 Å². The maximum absolute atomic E-state index is 14.1. The number of hydrogen-bond donors (Lipinski definition) is 0. The van der Waals surface area contributed by atoms with E-state index in [4.69, 9.17) is 9.47 Å². The van der Waals surface area contributed by atoms with Crippen LogP contribution in [0, 0.1) is 0 Å². The van der Waals surface area contributed by atoms with Crippen LogP contribution in [0.3, 0.4) is 0 Å². The summed E-state index contributed by atoms with van der Waals surface area (Å²) in [6.45, 7) is 3.58. The second kappa shape index (κ2) is 7.85. The Hall–Kier alpha value is -1.13. The van der Waals surface area contributed by atoms with Gasteiger partial charge in [-0.1, -0.05) is 0 Å². The molecule has 144 valence electrons. The SMILES string of the molecule is COc1ccc(S(=O)(=O)I2C=C(C)C=C2F)cc1OC1CCN(C)CC1. The molecule has 1 aromatic carbocycles. The molecular weight excluding hydrogens is 472 g/mol. The third-order valence-electron chi connectivity index (χ3n) is 4.38. The van der Waals surface area contributed by atoms with Crippen molar-refractivity contribution in [1.82, 2.24) is 4.90 Å². The quantitative estimate of drug-likeness (QED) is 0.455. The molecule has 0 bridgehead atoms. The third-order valence-corrected chi connectivity index (χ3v) is 15.4. The summed E-state index contributed by atoms with van der Waals surface area (Å²) < 4.78 is 52.4. The monoisotopic (exact) mass is 495 g/mol. The second-order valence-corrected chi connectivity index (χ2v) is 16.7. The van der Waals surface area contributed by atoms with Crippen LogP contribution in [0.4, 0.5) is 4.39 Å². The van der Waals surface area contributed by atoms with Gasteiger partial charge in [-0.2, -0.15) is 0 Å². The number of nitrogens with zero attached hydrogens (tertiary/aromatic N) is 1. The zero-order valence-electron chi connectivity index (χ0n) is 15.0. The Labute approximate surface area is 159 Å². The van der Waals surface area contributed by atoms with Crippen molar-refractivity contribution in [2.75, 3.05) is 27.2 Å². The minimum absolute atomic E-state index is 0.0159. The molecule has 1 saturated heterocycles. The second-order valence-electron chi connectivity index (χ2n) is 6.43. The Bertz CT molecular complexity index is 845. The summed E-state index contributed by atoms with van der Waals surface area (Å²) in [6.07, 6.45) is 3.08. The van der Waals surface area contributed by atoms with Crippen LogP contribution in [-0.2, 0) is 7.01 Å². The van der Waals surface area contributed by atoms with Gasteiger partial charge in [-0.15, -0.1) is 0 Å². The molecule has 1 fully saturated rings. The van der Waals surface area contributed by atoms with Crippen molar-refractivity contribution in [1.29, 1.82) is 0 Å². The molecule has 0 N–H and O–H groups in total. The van der Waals surface area contributed by atoms with Crippen LogP contribution >= 0.6 is 18.4 Å². The summed E-state index contributed by atoms with van der Waals surface area (Å²) in [5.74, 6) is 0.893. The number of halogens is 2. The first-order valence-corrected chi connectivity index (χ1v) is 14.7. The first kappa shape index (κ1) is 19.6. The van der Waals surface area contributed by atoms with E-state index < -0.39 is 29.3 Å². The molecule has 8 heteroatoms. The number of ether oxygens (including phenoxy) is 2. The van der Waals surface area contributed by atoms with Gasteiger partial charge in [0.2, 0.25) is 0 Å². The van der Waals surface area contributed by atoms with Gasteiger partial charge in [0.05, 0.1) is 0 Å². The molecule has 1 aromatic rings. The zero-order chi connectivity index (χ0) is 18.9. The number of benzene rings is 1. The van der Waals surface area contributed by atoms with Gasteiger partial charge in [-0.3, -0.25) is 0 Å². The van der Waals surface area contributed by atoms with Gasteiger partial charge < -0.3 is 0 Å². The summed E-state index contributed by atoms with van der Waals surface area (Å²) in [5.41, 5.74) is 0.674. The molecule has 0 saturated carbocycles. The Kier molecular flexibility index (Phi) is 5.93. The molecule has 0 amide bonds. The van der Waals surface area contributed by atoms with Crippen LogP contribution in [0.5, 0.6) is 11.5 Å². The molecule has 0 atom stereocenters. The number of methoxy groups -OCH3 is 1. The van der Waals surface area contributed by atoms with Gasteiger partial charge in [-0.25, -0.2) is 0 Å². The number of hydrogen-bond acceptors (Lipinski definition) is 5. The summed E-state index contributed by atoms with van der Waals surface area (Å²) in [4.78, 5) is 2.33. The molecule has 0 radical (unpaired) electrons. The molecule has 0 aromatic heterocycles. The van der Waals surface area contributed by atoms with Crippen molar-refractivity contribution in [3.8, 4) is 11.5 Å². The molecule has 2 heterocycles. The van der Waals surface area contributed by atoms with Gasteiger partial charge >= 0.3 is 160 Å². The molecular formula is C18H23FINO4S. The van der Waals surface area contributed by atoms with E-state index in [0.29, 0.717) is 17.1 Å². The van der Waals surface area contributed by atoms with E-state index in [-0.39, 0.29) is 11.0 Å². The van der Waals surface area contributed by atoms with Gasteiger partial charge in [0, 0.05) is 0 Å². The normalized spacial score (nSPS) is 20.7. The molecule has 0 aliphatic carbocycles. The molecule has 0 spiro atoms. The summed E-state index contributed by atoms with van der Waals surface area (Å²) in [5, 5.41) is 0. The number of allylic oxidation sites excluding steroid dienone is 2. The Morgan fingerprint density at radius 1 is 1.23 bits per heavy atom. The average Bonchev–Trinajstić information content (AvgIpc) is 2.96. The van der Waals surface area contributed by atoms with E-state index in [1.54, 1.807) is 17.1 Å². The van der Waals surface area contributed by atoms with Crippen molar-refractivity contribution in [3.05, 3.63) is 37.8 Å². The Morgan fingerprint density at radius 3 is 2.50 bits per heavy atom. The van der Waals surface area contributed by atoms with Gasteiger partial charge in [0.25, 0.3) is 0 Å². The number of likely N-dealkylation sites (tertiary alicyclic amines) is 1. The fourth-order valence-electron chi connectivity index (χ4n) is 2.90. The predicted octanol–water partition coefficient (Wildman–Crippen LogP) is 4.09. The molecule has 2 aliphatic rings. The van der Waals surface area contributed by atoms with Crippen LogP contribution in [-0.4, -0.2) is 46.7 Å². The van der Waals surface area contributed by atoms with Crippen molar-refractivity contribution in [2.45, 2.75) is 30.8 Å². The molecule has 3 rings (SSSR count). The van der Waals surface area contributed by atoms with Crippen LogP contribution in [0.25, 0.3) is 0 Å². The van der Waals surface area contributed by atoms with Crippen LogP contribution in [0.2, 0.25) is 0 Å². The summed E-state index contributed by atoms with van der Waals surface area (Å²) in [7, 11) is -0.141. The van der Waals surface area contributed by atoms with Gasteiger partial charge in [0.15, 0.2) is 0 Å². The first-order valence-electron chi connectivity index (χ1n) is 8.34. The van der Waals surface area contributed by atoms with E-state index >= 15 is 0 Å². The topological polar surface area (TPSA) is 55.8 Å². The molecule has 5 nitrogen and oxygen atoms in total. The fraction of sp³-hybridized carbons (Fsp3) is 0.444. The minimum atomic E-state index is -3.72. The fourth-order valence-corrected chi connectivity index (χ4v) is 12.4. The van der Waals surface area contributed by atoms with E-state index in [9.17, 15) is 12.8 Å². The predicted molar refractivity (Wildman–Crippen MR) is 108 cm³/mol. The van der Waals surface area contributed by atoms with E-state index in [0.717, 1.165) is 25.9 Å². The van der Waals surface area contributed by atoms with E-state index in [2.05, 4.69) is 11.9 Å². The summed E-state index contributed by atoms with van der Waals surface area (Å²) in [6, 6.07) is 4.54. The van der Waals surface area contributed by atoms with Crippen molar-refractivity contribution in [3.63, 3.8) is 0 Å². The molecule has 2 aliphatic heterocycles. The van der Waals surface area contributed by atoms with Crippen LogP contribution in [0.15, 0.2) is 42.7 Å². The van der Waals surface area contributed by atoms with Crippen molar-refractivity contribution < 1.29 is 22.3 Å². The van der Waals surface area contributed by atoms with Crippen molar-refractivity contribution >= 4 is 25.4 Å². The Balaban J connectivity index is 1.89. The number of piperidine rings is 1. The van der Waals surface area contributed by atoms with Gasteiger partial charge in [-0.05, 0) is 0 Å². The summed E-state index contributed by atoms with van der Waals surface area (Å²) >= 11 is -3.07. The average molecular weight is 495 g/mol. The maximum atomic E-state index is 14.1. The Morgan fingerprint density at radius 2 is 1.92 bits per heavy atom. The van der Waals surface area contributed by atoms with Gasteiger partial charge in [0.1, 0.15) is 0 Å². The zero-order valence-corrected chi connectivity index (χ0v) is 18.0. The van der Waals surface area contributed by atoms with Crippen molar-refractivity contribution in [2.24, 2.45) is 0 Å². The third kappa shape index (κ3) is 4.07. The molecule has 26 heavy (non-hydrogen) atoms. The van der Waals surface area contributed by atoms with Crippen LogP contribution in [0.1, 0.15) is 19.8 Å². The first-order chi connectivity index (χ1) is 12.3. The molecule has 0 unspecified atom stereocenters. The van der Waals surface area contributed by atoms with Crippen LogP contribution < -0.4 is 9.47 Å². The van der Waals surface area contributed by atoms with E-state index in [1.807, 2.05) is 0 Å². The standard InChI is InChI=1S/C18H23FINO4S/c1-13-10-18(19)20(12-13)26(22,23)15-4-5-16(24-3)17(11-15)25-14-6-8-21(2)9-7-14/h4-5,10-12,14H,6-9H2,1-3H3.